The van der Waals surface area contributed by atoms with Crippen molar-refractivity contribution in [2.75, 3.05) is 23.8 Å². The number of halogens is 3. The van der Waals surface area contributed by atoms with Gasteiger partial charge in [0.05, 0.1) is 18.9 Å². The Morgan fingerprint density at radius 1 is 0.938 bits per heavy atom. The van der Waals surface area contributed by atoms with Gasteiger partial charge in [-0.15, -0.1) is 0 Å². The van der Waals surface area contributed by atoms with Gasteiger partial charge in [0, 0.05) is 11.9 Å². The lowest BCUT2D eigenvalue weighted by atomic mass is 10.2. The van der Waals surface area contributed by atoms with E-state index in [1.807, 2.05) is 0 Å². The highest BCUT2D eigenvalue weighted by atomic mass is 19.4. The number of aromatic nitrogens is 2. The number of hydrogen-bond donors (Lipinski definition) is 2. The van der Waals surface area contributed by atoms with E-state index in [1.165, 1.54) is 0 Å². The van der Waals surface area contributed by atoms with Crippen molar-refractivity contribution >= 4 is 23.1 Å². The number of unbranched alkanes of at least 4 members (excludes halogenated alkanes) is 1. The van der Waals surface area contributed by atoms with Crippen LogP contribution in [0.1, 0.15) is 32.3 Å². The van der Waals surface area contributed by atoms with Gasteiger partial charge in [0.25, 0.3) is 0 Å². The van der Waals surface area contributed by atoms with Crippen molar-refractivity contribution in [1.29, 1.82) is 0 Å². The normalized spacial score (nSPS) is 11.2. The Labute approximate surface area is 184 Å². The van der Waals surface area contributed by atoms with Gasteiger partial charge in [-0.25, -0.2) is 4.98 Å². The minimum atomic E-state index is -4.63. The summed E-state index contributed by atoms with van der Waals surface area (Å²) in [5.41, 5.74) is 0.0142. The third kappa shape index (κ3) is 6.26. The lowest BCUT2D eigenvalue weighted by Crippen LogP contribution is -2.13. The standard InChI is InChI=1S/C23H25F3N4O2/c1-3-5-14-32-17-12-10-16(11-13-17)28-22-27-15-18(23(24,25)26)21(30-22)29-19-8-6-7-9-20(19)31-4-2/h6-13,15H,3-5,14H2,1-2H3,(H2,27,28,29,30). The molecule has 6 nitrogen and oxygen atoms in total. The molecular weight excluding hydrogens is 421 g/mol. The molecule has 0 saturated carbocycles. The molecule has 32 heavy (non-hydrogen) atoms. The van der Waals surface area contributed by atoms with E-state index in [1.54, 1.807) is 55.5 Å². The molecule has 0 aliphatic carbocycles. The maximum atomic E-state index is 13.5. The van der Waals surface area contributed by atoms with Crippen LogP contribution >= 0.6 is 0 Å². The summed E-state index contributed by atoms with van der Waals surface area (Å²) in [7, 11) is 0. The smallest absolute Gasteiger partial charge is 0.421 e. The summed E-state index contributed by atoms with van der Waals surface area (Å²) in [5, 5.41) is 5.67. The number of rotatable bonds is 10. The van der Waals surface area contributed by atoms with Crippen molar-refractivity contribution in [1.82, 2.24) is 9.97 Å². The Morgan fingerprint density at radius 2 is 1.69 bits per heavy atom. The van der Waals surface area contributed by atoms with Gasteiger partial charge in [0.2, 0.25) is 5.95 Å². The third-order valence-electron chi connectivity index (χ3n) is 4.41. The fraction of sp³-hybridized carbons (Fsp3) is 0.304. The second-order valence-corrected chi connectivity index (χ2v) is 6.86. The van der Waals surface area contributed by atoms with Crippen molar-refractivity contribution < 1.29 is 22.6 Å². The van der Waals surface area contributed by atoms with Gasteiger partial charge in [-0.1, -0.05) is 25.5 Å². The van der Waals surface area contributed by atoms with Crippen LogP contribution < -0.4 is 20.1 Å². The largest absolute Gasteiger partial charge is 0.494 e. The van der Waals surface area contributed by atoms with Crippen molar-refractivity contribution in [2.24, 2.45) is 0 Å². The van der Waals surface area contributed by atoms with Gasteiger partial charge < -0.3 is 20.1 Å². The van der Waals surface area contributed by atoms with E-state index in [0.29, 0.717) is 36.1 Å². The lowest BCUT2D eigenvalue weighted by molar-refractivity contribution is -0.137. The fourth-order valence-corrected chi connectivity index (χ4v) is 2.82. The van der Waals surface area contributed by atoms with Crippen LogP contribution in [0.25, 0.3) is 0 Å². The molecule has 0 aliphatic heterocycles. The molecule has 170 valence electrons. The summed E-state index contributed by atoms with van der Waals surface area (Å²) in [6.45, 7) is 4.88. The SMILES string of the molecule is CCCCOc1ccc(Nc2ncc(C(F)(F)F)c(Nc3ccccc3OCC)n2)cc1. The minimum absolute atomic E-state index is 0.0223. The molecule has 0 bridgehead atoms. The predicted molar refractivity (Wildman–Crippen MR) is 118 cm³/mol. The van der Waals surface area contributed by atoms with E-state index >= 15 is 0 Å². The first-order valence-electron chi connectivity index (χ1n) is 10.3. The van der Waals surface area contributed by atoms with Crippen LogP contribution in [0.3, 0.4) is 0 Å². The number of nitrogens with zero attached hydrogens (tertiary/aromatic N) is 2. The monoisotopic (exact) mass is 446 g/mol. The van der Waals surface area contributed by atoms with Gasteiger partial charge >= 0.3 is 6.18 Å². The van der Waals surface area contributed by atoms with Crippen molar-refractivity contribution in [2.45, 2.75) is 32.9 Å². The van der Waals surface area contributed by atoms with Crippen molar-refractivity contribution in [3.8, 4) is 11.5 Å². The summed E-state index contributed by atoms with van der Waals surface area (Å²) >= 11 is 0. The molecule has 3 rings (SSSR count). The Morgan fingerprint density at radius 3 is 2.38 bits per heavy atom. The lowest BCUT2D eigenvalue weighted by Gasteiger charge is -2.17. The van der Waals surface area contributed by atoms with Crippen LogP contribution in [-0.2, 0) is 6.18 Å². The Hall–Kier alpha value is -3.49. The molecule has 9 heteroatoms. The van der Waals surface area contributed by atoms with Gasteiger partial charge in [0.15, 0.2) is 0 Å². The van der Waals surface area contributed by atoms with Crippen LogP contribution in [0, 0.1) is 0 Å². The van der Waals surface area contributed by atoms with Crippen LogP contribution in [0.5, 0.6) is 11.5 Å². The topological polar surface area (TPSA) is 68.3 Å². The quantitative estimate of drug-likeness (QED) is 0.344. The van der Waals surface area contributed by atoms with Gasteiger partial charge in [-0.3, -0.25) is 0 Å². The number of anilines is 4. The fourth-order valence-electron chi connectivity index (χ4n) is 2.82. The van der Waals surface area contributed by atoms with Gasteiger partial charge in [0.1, 0.15) is 22.9 Å². The summed E-state index contributed by atoms with van der Waals surface area (Å²) in [6, 6.07) is 13.8. The average molecular weight is 446 g/mol. The van der Waals surface area contributed by atoms with Crippen LogP contribution in [0.4, 0.5) is 36.3 Å². The predicted octanol–water partition coefficient (Wildman–Crippen LogP) is 6.56. The molecular formula is C23H25F3N4O2. The van der Waals surface area contributed by atoms with Gasteiger partial charge in [-0.2, -0.15) is 18.2 Å². The number of ether oxygens (including phenoxy) is 2. The van der Waals surface area contributed by atoms with Crippen LogP contribution in [0.15, 0.2) is 54.7 Å². The zero-order valence-electron chi connectivity index (χ0n) is 17.9. The number of benzene rings is 2. The Balaban J connectivity index is 1.83. The van der Waals surface area contributed by atoms with E-state index in [-0.39, 0.29) is 11.8 Å². The zero-order valence-corrected chi connectivity index (χ0v) is 17.9. The summed E-state index contributed by atoms with van der Waals surface area (Å²) < 4.78 is 51.7. The Kier molecular flexibility index (Phi) is 7.75. The molecule has 1 aromatic heterocycles. The maximum Gasteiger partial charge on any atom is 0.421 e. The molecule has 0 aliphatic rings. The van der Waals surface area contributed by atoms with Crippen molar-refractivity contribution in [3.05, 3.63) is 60.3 Å². The minimum Gasteiger partial charge on any atom is -0.494 e. The second-order valence-electron chi connectivity index (χ2n) is 6.86. The van der Waals surface area contributed by atoms with Crippen molar-refractivity contribution in [3.63, 3.8) is 0 Å². The summed E-state index contributed by atoms with van der Waals surface area (Å²) in [6.07, 6.45) is -1.88. The molecule has 3 aromatic rings. The highest BCUT2D eigenvalue weighted by Crippen LogP contribution is 2.37. The first-order chi connectivity index (χ1) is 15.4. The highest BCUT2D eigenvalue weighted by Gasteiger charge is 2.35. The molecule has 1 heterocycles. The molecule has 0 atom stereocenters. The molecule has 0 fully saturated rings. The molecule has 2 aromatic carbocycles. The molecule has 0 radical (unpaired) electrons. The maximum absolute atomic E-state index is 13.5. The summed E-state index contributed by atoms with van der Waals surface area (Å²) in [4.78, 5) is 7.91. The number of alkyl halides is 3. The third-order valence-corrected chi connectivity index (χ3v) is 4.41. The van der Waals surface area contributed by atoms with E-state index in [2.05, 4.69) is 27.5 Å². The summed E-state index contributed by atoms with van der Waals surface area (Å²) in [5.74, 6) is 0.790. The first kappa shape index (κ1) is 23.2. The number of para-hydroxylation sites is 2. The second kappa shape index (κ2) is 10.7. The van der Waals surface area contributed by atoms with Crippen LogP contribution in [-0.4, -0.2) is 23.2 Å². The Bertz CT molecular complexity index is 1010. The van der Waals surface area contributed by atoms with E-state index < -0.39 is 11.7 Å². The molecule has 0 amide bonds. The van der Waals surface area contributed by atoms with E-state index in [9.17, 15) is 13.2 Å². The zero-order chi connectivity index (χ0) is 23.0. The van der Waals surface area contributed by atoms with E-state index in [4.69, 9.17) is 9.47 Å². The number of hydrogen-bond acceptors (Lipinski definition) is 6. The first-order valence-corrected chi connectivity index (χ1v) is 10.3. The van der Waals surface area contributed by atoms with Crippen LogP contribution in [0.2, 0.25) is 0 Å². The van der Waals surface area contributed by atoms with Gasteiger partial charge in [-0.05, 0) is 49.7 Å². The molecule has 0 spiro atoms. The van der Waals surface area contributed by atoms with E-state index in [0.717, 1.165) is 19.0 Å². The molecule has 2 N–H and O–H groups in total. The molecule has 0 saturated heterocycles. The molecule has 0 unspecified atom stereocenters. The average Bonchev–Trinajstić information content (AvgIpc) is 2.76. The highest BCUT2D eigenvalue weighted by molar-refractivity contribution is 5.67. The number of nitrogens with one attached hydrogen (secondary N) is 2.